The van der Waals surface area contributed by atoms with Crippen molar-refractivity contribution in [2.24, 2.45) is 0 Å². The Labute approximate surface area is 172 Å². The first-order valence-corrected chi connectivity index (χ1v) is 9.49. The van der Waals surface area contributed by atoms with Crippen LogP contribution in [0.5, 0.6) is 5.75 Å². The van der Waals surface area contributed by atoms with Crippen LogP contribution in [-0.4, -0.2) is 22.2 Å². The zero-order valence-electron chi connectivity index (χ0n) is 15.1. The van der Waals surface area contributed by atoms with E-state index in [1.807, 2.05) is 12.1 Å². The van der Waals surface area contributed by atoms with E-state index in [0.717, 1.165) is 10.9 Å². The Balaban J connectivity index is 1.44. The maximum atomic E-state index is 12.6. The summed E-state index contributed by atoms with van der Waals surface area (Å²) < 4.78 is 40.5. The molecule has 0 radical (unpaired) electrons. The van der Waals surface area contributed by atoms with E-state index in [9.17, 15) is 18.0 Å². The number of thiazole rings is 1. The monoisotopic (exact) mass is 430 g/mol. The molecular weight excluding hydrogens is 417 g/mol. The number of nitrogens with one attached hydrogen (secondary N) is 2. The Morgan fingerprint density at radius 2 is 1.83 bits per heavy atom. The molecule has 30 heavy (non-hydrogen) atoms. The molecule has 4 aromatic rings. The van der Waals surface area contributed by atoms with Gasteiger partial charge in [0.25, 0.3) is 5.91 Å². The fourth-order valence-corrected chi connectivity index (χ4v) is 3.41. The van der Waals surface area contributed by atoms with Crippen LogP contribution in [0.15, 0.2) is 66.2 Å². The number of halogens is 3. The van der Waals surface area contributed by atoms with Crippen LogP contribution in [0.2, 0.25) is 0 Å². The summed E-state index contributed by atoms with van der Waals surface area (Å²) in [6.07, 6.45) is -3.07. The minimum Gasteiger partial charge on any atom is -0.406 e. The first kappa shape index (κ1) is 19.6. The fraction of sp³-hybridized carbons (Fsp3) is 0.0500. The number of aromatic nitrogens is 2. The number of hydrogen-bond acceptors (Lipinski definition) is 6. The molecule has 0 atom stereocenters. The number of fused-ring (bicyclic) bond motifs is 1. The second-order valence-corrected chi connectivity index (χ2v) is 6.92. The summed E-state index contributed by atoms with van der Waals surface area (Å²) in [5.41, 5.74) is 2.09. The highest BCUT2D eigenvalue weighted by molar-refractivity contribution is 7.14. The molecule has 1 amide bonds. The van der Waals surface area contributed by atoms with Gasteiger partial charge in [0, 0.05) is 22.7 Å². The number of rotatable bonds is 5. The largest absolute Gasteiger partial charge is 0.573 e. The van der Waals surface area contributed by atoms with E-state index in [2.05, 4.69) is 25.3 Å². The molecule has 2 N–H and O–H groups in total. The van der Waals surface area contributed by atoms with Crippen LogP contribution in [-0.2, 0) is 0 Å². The Kier molecular flexibility index (Phi) is 5.23. The van der Waals surface area contributed by atoms with Gasteiger partial charge in [-0.15, -0.1) is 24.5 Å². The van der Waals surface area contributed by atoms with Gasteiger partial charge in [0.05, 0.1) is 11.2 Å². The van der Waals surface area contributed by atoms with Gasteiger partial charge in [0.15, 0.2) is 5.13 Å². The lowest BCUT2D eigenvalue weighted by Crippen LogP contribution is -2.16. The lowest BCUT2D eigenvalue weighted by molar-refractivity contribution is -0.274. The lowest BCUT2D eigenvalue weighted by Gasteiger charge is -2.09. The maximum absolute atomic E-state index is 12.6. The van der Waals surface area contributed by atoms with Gasteiger partial charge in [-0.25, -0.2) is 4.98 Å². The van der Waals surface area contributed by atoms with E-state index in [1.165, 1.54) is 35.6 Å². The third kappa shape index (κ3) is 4.66. The third-order valence-electron chi connectivity index (χ3n) is 3.97. The maximum Gasteiger partial charge on any atom is 0.573 e. The van der Waals surface area contributed by atoms with Crippen molar-refractivity contribution in [1.29, 1.82) is 0 Å². The number of anilines is 3. The van der Waals surface area contributed by atoms with Crippen molar-refractivity contribution in [2.75, 3.05) is 10.6 Å². The number of amides is 1. The molecule has 4 rings (SSSR count). The fourth-order valence-electron chi connectivity index (χ4n) is 2.70. The molecule has 0 spiro atoms. The minimum absolute atomic E-state index is 0.209. The number of pyridine rings is 1. The van der Waals surface area contributed by atoms with E-state index >= 15 is 0 Å². The van der Waals surface area contributed by atoms with E-state index in [-0.39, 0.29) is 17.4 Å². The van der Waals surface area contributed by atoms with Gasteiger partial charge < -0.3 is 15.4 Å². The summed E-state index contributed by atoms with van der Waals surface area (Å²) in [6.45, 7) is 0. The topological polar surface area (TPSA) is 76.1 Å². The molecule has 0 saturated heterocycles. The van der Waals surface area contributed by atoms with Gasteiger partial charge in [-0.3, -0.25) is 9.78 Å². The Bertz CT molecular complexity index is 1190. The second kappa shape index (κ2) is 7.99. The summed E-state index contributed by atoms with van der Waals surface area (Å²) in [5.74, 6) is -0.707. The van der Waals surface area contributed by atoms with Crippen LogP contribution >= 0.6 is 11.3 Å². The van der Waals surface area contributed by atoms with Gasteiger partial charge in [-0.2, -0.15) is 0 Å². The van der Waals surface area contributed by atoms with Gasteiger partial charge >= 0.3 is 6.36 Å². The number of carbonyl (C=O) groups is 1. The van der Waals surface area contributed by atoms with E-state index in [1.54, 1.807) is 29.8 Å². The first-order valence-electron chi connectivity index (χ1n) is 8.61. The van der Waals surface area contributed by atoms with E-state index < -0.39 is 6.36 Å². The summed E-state index contributed by atoms with van der Waals surface area (Å²) in [7, 11) is 0. The molecule has 2 aromatic heterocycles. The number of alkyl halides is 3. The van der Waals surface area contributed by atoms with E-state index in [0.29, 0.717) is 16.5 Å². The summed E-state index contributed by atoms with van der Waals surface area (Å²) in [5, 5.41) is 8.58. The molecule has 6 nitrogen and oxygen atoms in total. The Morgan fingerprint density at radius 3 is 2.60 bits per heavy atom. The van der Waals surface area contributed by atoms with Crippen LogP contribution in [0.3, 0.4) is 0 Å². The van der Waals surface area contributed by atoms with Gasteiger partial charge in [0.2, 0.25) is 0 Å². The van der Waals surface area contributed by atoms with Crippen LogP contribution in [0.4, 0.5) is 29.7 Å². The highest BCUT2D eigenvalue weighted by Crippen LogP contribution is 2.27. The number of nitrogens with zero attached hydrogens (tertiary/aromatic N) is 2. The van der Waals surface area contributed by atoms with Crippen LogP contribution in [0.25, 0.3) is 10.9 Å². The van der Waals surface area contributed by atoms with Gasteiger partial charge in [0.1, 0.15) is 11.4 Å². The van der Waals surface area contributed by atoms with Crippen molar-refractivity contribution in [3.8, 4) is 5.75 Å². The van der Waals surface area contributed by atoms with Crippen LogP contribution < -0.4 is 15.4 Å². The van der Waals surface area contributed by atoms with Crippen molar-refractivity contribution < 1.29 is 22.7 Å². The SMILES string of the molecule is O=C(Nc1cccc2ncccc12)c1csc(Nc2ccc(OC(F)(F)F)cc2)n1. The standard InChI is InChI=1S/C20H13F3N4O2S/c21-20(22,23)29-13-8-6-12(7-9-13)25-19-27-17(11-30-19)18(28)26-16-5-1-4-15-14(16)3-2-10-24-15/h1-11H,(H,25,27)(H,26,28). The number of hydrogen-bond donors (Lipinski definition) is 2. The number of ether oxygens (including phenoxy) is 1. The molecule has 0 fully saturated rings. The number of benzene rings is 2. The van der Waals surface area contributed by atoms with Crippen LogP contribution in [0.1, 0.15) is 10.5 Å². The first-order chi connectivity index (χ1) is 14.4. The predicted octanol–water partition coefficient (Wildman–Crippen LogP) is 5.59. The molecule has 0 aliphatic rings. The Hall–Kier alpha value is -3.66. The average Bonchev–Trinajstić information content (AvgIpc) is 3.17. The zero-order chi connectivity index (χ0) is 21.1. The minimum atomic E-state index is -4.74. The molecule has 0 saturated carbocycles. The molecular formula is C20H13F3N4O2S. The van der Waals surface area contributed by atoms with Crippen molar-refractivity contribution in [3.63, 3.8) is 0 Å². The predicted molar refractivity (Wildman–Crippen MR) is 108 cm³/mol. The molecule has 0 bridgehead atoms. The van der Waals surface area contributed by atoms with Crippen molar-refractivity contribution in [2.45, 2.75) is 6.36 Å². The van der Waals surface area contributed by atoms with E-state index in [4.69, 9.17) is 0 Å². The van der Waals surface area contributed by atoms with Crippen molar-refractivity contribution in [1.82, 2.24) is 9.97 Å². The highest BCUT2D eigenvalue weighted by Gasteiger charge is 2.30. The smallest absolute Gasteiger partial charge is 0.406 e. The Morgan fingerprint density at radius 1 is 1.03 bits per heavy atom. The quantitative estimate of drug-likeness (QED) is 0.432. The van der Waals surface area contributed by atoms with Crippen molar-refractivity contribution in [3.05, 3.63) is 71.9 Å². The zero-order valence-corrected chi connectivity index (χ0v) is 15.9. The molecule has 152 valence electrons. The molecule has 10 heteroatoms. The molecule has 0 aliphatic carbocycles. The average molecular weight is 430 g/mol. The summed E-state index contributed by atoms with van der Waals surface area (Å²) in [4.78, 5) is 21.0. The second-order valence-electron chi connectivity index (χ2n) is 6.06. The highest BCUT2D eigenvalue weighted by atomic mass is 32.1. The molecule has 2 aromatic carbocycles. The summed E-state index contributed by atoms with van der Waals surface area (Å²) >= 11 is 1.19. The normalized spacial score (nSPS) is 11.3. The molecule has 0 unspecified atom stereocenters. The van der Waals surface area contributed by atoms with Gasteiger partial charge in [-0.1, -0.05) is 6.07 Å². The lowest BCUT2D eigenvalue weighted by atomic mass is 10.2. The van der Waals surface area contributed by atoms with Crippen molar-refractivity contribution >= 4 is 44.7 Å². The van der Waals surface area contributed by atoms with Gasteiger partial charge in [-0.05, 0) is 48.5 Å². The third-order valence-corrected chi connectivity index (χ3v) is 4.73. The summed E-state index contributed by atoms with van der Waals surface area (Å²) in [6, 6.07) is 14.3. The number of carbonyl (C=O) groups excluding carboxylic acids is 1. The molecule has 2 heterocycles. The van der Waals surface area contributed by atoms with Crippen LogP contribution in [0, 0.1) is 0 Å². The molecule has 0 aliphatic heterocycles.